The predicted octanol–water partition coefficient (Wildman–Crippen LogP) is 1.85. The third kappa shape index (κ3) is 3.58. The Morgan fingerprint density at radius 2 is 2.21 bits per heavy atom. The predicted molar refractivity (Wildman–Crippen MR) is 57.1 cm³/mol. The lowest BCUT2D eigenvalue weighted by Crippen LogP contribution is -1.92. The van der Waals surface area contributed by atoms with Gasteiger partial charge in [-0.2, -0.15) is 0 Å². The fourth-order valence-electron chi connectivity index (χ4n) is 1.06. The topological polar surface area (TPSA) is 41.8 Å². The molecule has 0 aliphatic carbocycles. The van der Waals surface area contributed by atoms with Crippen LogP contribution >= 0.6 is 0 Å². The zero-order valence-electron chi connectivity index (χ0n) is 8.31. The highest BCUT2D eigenvalue weighted by Crippen LogP contribution is 2.12. The van der Waals surface area contributed by atoms with Crippen LogP contribution in [0.3, 0.4) is 0 Å². The molecule has 0 fully saturated rings. The van der Waals surface area contributed by atoms with Crippen molar-refractivity contribution >= 4 is 6.21 Å². The maximum absolute atomic E-state index is 9.40. The third-order valence-corrected chi connectivity index (χ3v) is 1.80. The number of aromatic hydroxyl groups is 1. The summed E-state index contributed by atoms with van der Waals surface area (Å²) >= 11 is 0. The van der Waals surface area contributed by atoms with Gasteiger partial charge in [0.1, 0.15) is 5.75 Å². The summed E-state index contributed by atoms with van der Waals surface area (Å²) in [6.07, 6.45) is 2.59. The molecule has 0 spiro atoms. The average Bonchev–Trinajstić information content (AvgIpc) is 2.20. The number of benzene rings is 1. The molecule has 1 aromatic rings. The number of hydrogen-bond acceptors (Lipinski definition) is 3. The molecule has 0 amide bonds. The molecule has 1 aromatic carbocycles. The summed E-state index contributed by atoms with van der Waals surface area (Å²) in [5.41, 5.74) is 0.755. The number of phenols is 1. The van der Waals surface area contributed by atoms with Crippen molar-refractivity contribution in [2.24, 2.45) is 4.99 Å². The Bertz CT molecular complexity index is 297. The van der Waals surface area contributed by atoms with E-state index in [0.29, 0.717) is 0 Å². The van der Waals surface area contributed by atoms with E-state index < -0.39 is 0 Å². The van der Waals surface area contributed by atoms with Gasteiger partial charge in [0.2, 0.25) is 0 Å². The number of nitrogens with zero attached hydrogens (tertiary/aromatic N) is 1. The van der Waals surface area contributed by atoms with Crippen LogP contribution in [-0.2, 0) is 4.74 Å². The second kappa shape index (κ2) is 6.16. The summed E-state index contributed by atoms with van der Waals surface area (Å²) in [5.74, 6) is 0.267. The molecule has 0 aliphatic heterocycles. The largest absolute Gasteiger partial charge is 0.507 e. The van der Waals surface area contributed by atoms with Crippen molar-refractivity contribution < 1.29 is 9.84 Å². The van der Waals surface area contributed by atoms with Crippen LogP contribution in [0, 0.1) is 0 Å². The SMILES string of the molecule is COCCCN=Cc1ccccc1O. The molecular formula is C11H15NO2. The van der Waals surface area contributed by atoms with Crippen molar-refractivity contribution in [3.05, 3.63) is 29.8 Å². The fraction of sp³-hybridized carbons (Fsp3) is 0.364. The molecule has 76 valence electrons. The normalized spacial score (nSPS) is 10.9. The number of phenolic OH excluding ortho intramolecular Hbond substituents is 1. The monoisotopic (exact) mass is 193 g/mol. The zero-order chi connectivity index (χ0) is 10.2. The van der Waals surface area contributed by atoms with Crippen LogP contribution in [0.1, 0.15) is 12.0 Å². The molecule has 0 saturated carbocycles. The maximum atomic E-state index is 9.40. The van der Waals surface area contributed by atoms with E-state index in [1.54, 1.807) is 25.5 Å². The summed E-state index contributed by atoms with van der Waals surface area (Å²) in [6.45, 7) is 1.44. The van der Waals surface area contributed by atoms with Gasteiger partial charge in [-0.3, -0.25) is 4.99 Å². The average molecular weight is 193 g/mol. The minimum atomic E-state index is 0.267. The van der Waals surface area contributed by atoms with Crippen molar-refractivity contribution in [3.8, 4) is 5.75 Å². The lowest BCUT2D eigenvalue weighted by atomic mass is 10.2. The summed E-state index contributed by atoms with van der Waals surface area (Å²) in [6, 6.07) is 7.14. The Hall–Kier alpha value is -1.35. The Morgan fingerprint density at radius 1 is 1.43 bits per heavy atom. The highest BCUT2D eigenvalue weighted by Gasteiger charge is 1.93. The molecule has 3 heteroatoms. The molecule has 3 nitrogen and oxygen atoms in total. The third-order valence-electron chi connectivity index (χ3n) is 1.80. The number of hydrogen-bond donors (Lipinski definition) is 1. The van der Waals surface area contributed by atoms with Crippen LogP contribution in [0.2, 0.25) is 0 Å². The summed E-state index contributed by atoms with van der Waals surface area (Å²) in [5, 5.41) is 9.40. The van der Waals surface area contributed by atoms with Gasteiger partial charge in [-0.1, -0.05) is 12.1 Å². The fourth-order valence-corrected chi connectivity index (χ4v) is 1.06. The van der Waals surface area contributed by atoms with Gasteiger partial charge in [-0.05, 0) is 18.6 Å². The zero-order valence-corrected chi connectivity index (χ0v) is 8.31. The van der Waals surface area contributed by atoms with Crippen LogP contribution in [0.25, 0.3) is 0 Å². The highest BCUT2D eigenvalue weighted by molar-refractivity contribution is 5.83. The molecule has 1 rings (SSSR count). The number of methoxy groups -OCH3 is 1. The molecule has 0 bridgehead atoms. The molecule has 0 aliphatic rings. The quantitative estimate of drug-likeness (QED) is 0.572. The highest BCUT2D eigenvalue weighted by atomic mass is 16.5. The smallest absolute Gasteiger partial charge is 0.124 e. The van der Waals surface area contributed by atoms with Crippen LogP contribution < -0.4 is 0 Å². The lowest BCUT2D eigenvalue weighted by molar-refractivity contribution is 0.197. The van der Waals surface area contributed by atoms with Crippen molar-refractivity contribution in [1.82, 2.24) is 0 Å². The van der Waals surface area contributed by atoms with Crippen molar-refractivity contribution in [3.63, 3.8) is 0 Å². The van der Waals surface area contributed by atoms with Crippen LogP contribution in [-0.4, -0.2) is 31.6 Å². The first-order valence-electron chi connectivity index (χ1n) is 4.61. The van der Waals surface area contributed by atoms with Crippen LogP contribution in [0.15, 0.2) is 29.3 Å². The van der Waals surface area contributed by atoms with Gasteiger partial charge in [0.15, 0.2) is 0 Å². The first-order valence-corrected chi connectivity index (χ1v) is 4.61. The maximum Gasteiger partial charge on any atom is 0.124 e. The van der Waals surface area contributed by atoms with Gasteiger partial charge >= 0.3 is 0 Å². The van der Waals surface area contributed by atoms with E-state index in [2.05, 4.69) is 4.99 Å². The minimum absolute atomic E-state index is 0.267. The number of aliphatic imine (C=N–C) groups is 1. The van der Waals surface area contributed by atoms with E-state index in [1.807, 2.05) is 12.1 Å². The van der Waals surface area contributed by atoms with Gasteiger partial charge in [0, 0.05) is 32.0 Å². The molecule has 0 radical (unpaired) electrons. The van der Waals surface area contributed by atoms with Gasteiger partial charge in [0.05, 0.1) is 0 Å². The summed E-state index contributed by atoms with van der Waals surface area (Å²) < 4.78 is 4.89. The standard InChI is InChI=1S/C11H15NO2/c1-14-8-4-7-12-9-10-5-2-3-6-11(10)13/h2-3,5-6,9,13H,4,7-8H2,1H3. The van der Waals surface area contributed by atoms with E-state index in [0.717, 1.165) is 25.1 Å². The van der Waals surface area contributed by atoms with E-state index in [4.69, 9.17) is 4.74 Å². The number of para-hydroxylation sites is 1. The Labute approximate surface area is 84.1 Å². The van der Waals surface area contributed by atoms with E-state index in [9.17, 15) is 5.11 Å². The van der Waals surface area contributed by atoms with Crippen LogP contribution in [0.5, 0.6) is 5.75 Å². The molecule has 0 unspecified atom stereocenters. The van der Waals surface area contributed by atoms with Crippen molar-refractivity contribution in [2.45, 2.75) is 6.42 Å². The van der Waals surface area contributed by atoms with Crippen molar-refractivity contribution in [1.29, 1.82) is 0 Å². The second-order valence-electron chi connectivity index (χ2n) is 2.94. The van der Waals surface area contributed by atoms with Crippen molar-refractivity contribution in [2.75, 3.05) is 20.3 Å². The Balaban J connectivity index is 2.40. The van der Waals surface area contributed by atoms with E-state index in [-0.39, 0.29) is 5.75 Å². The van der Waals surface area contributed by atoms with Crippen LogP contribution in [0.4, 0.5) is 0 Å². The summed E-state index contributed by atoms with van der Waals surface area (Å²) in [7, 11) is 1.67. The lowest BCUT2D eigenvalue weighted by Gasteiger charge is -1.97. The van der Waals surface area contributed by atoms with E-state index >= 15 is 0 Å². The molecular weight excluding hydrogens is 178 g/mol. The molecule has 14 heavy (non-hydrogen) atoms. The molecule has 0 atom stereocenters. The van der Waals surface area contributed by atoms with Gasteiger partial charge in [-0.15, -0.1) is 0 Å². The summed E-state index contributed by atoms with van der Waals surface area (Å²) in [4.78, 5) is 4.17. The molecule has 1 N–H and O–H groups in total. The Morgan fingerprint density at radius 3 is 2.93 bits per heavy atom. The van der Waals surface area contributed by atoms with Gasteiger partial charge in [-0.25, -0.2) is 0 Å². The minimum Gasteiger partial charge on any atom is -0.507 e. The number of rotatable bonds is 5. The van der Waals surface area contributed by atoms with Gasteiger partial charge < -0.3 is 9.84 Å². The first-order chi connectivity index (χ1) is 6.84. The number of ether oxygens (including phenoxy) is 1. The van der Waals surface area contributed by atoms with E-state index in [1.165, 1.54) is 0 Å². The molecule has 0 aromatic heterocycles. The molecule has 0 saturated heterocycles. The molecule has 0 heterocycles. The first kappa shape index (κ1) is 10.7. The van der Waals surface area contributed by atoms with Gasteiger partial charge in [0.25, 0.3) is 0 Å². The Kier molecular flexibility index (Phi) is 4.72. The second-order valence-corrected chi connectivity index (χ2v) is 2.94.